The minimum atomic E-state index is -0.176. The largest absolute Gasteiger partial charge is 0.382 e. The molecule has 1 aromatic carbocycles. The van der Waals surface area contributed by atoms with Gasteiger partial charge in [-0.2, -0.15) is 0 Å². The van der Waals surface area contributed by atoms with Crippen LogP contribution in [0, 0.1) is 0 Å². The molecule has 0 N–H and O–H groups in total. The van der Waals surface area contributed by atoms with Gasteiger partial charge in [0.2, 0.25) is 0 Å². The van der Waals surface area contributed by atoms with E-state index >= 15 is 0 Å². The first-order chi connectivity index (χ1) is 9.61. The summed E-state index contributed by atoms with van der Waals surface area (Å²) in [6.45, 7) is 0. The van der Waals surface area contributed by atoms with E-state index in [0.717, 1.165) is 17.4 Å². The molecule has 0 saturated carbocycles. The number of aliphatic imine (C=N–C) groups is 1. The van der Waals surface area contributed by atoms with Crippen molar-refractivity contribution in [3.8, 4) is 0 Å². The molecule has 4 nitrogen and oxygen atoms in total. The Labute approximate surface area is 119 Å². The molecule has 0 bridgehead atoms. The molecule has 0 amide bonds. The third-order valence-corrected chi connectivity index (χ3v) is 2.39. The first kappa shape index (κ1) is 15.6. The Morgan fingerprint density at radius 3 is 2.55 bits per heavy atom. The van der Waals surface area contributed by atoms with Crippen molar-refractivity contribution in [3.63, 3.8) is 0 Å². The van der Waals surface area contributed by atoms with E-state index in [9.17, 15) is 9.59 Å². The van der Waals surface area contributed by atoms with E-state index in [-0.39, 0.29) is 5.78 Å². The number of ketones is 1. The summed E-state index contributed by atoms with van der Waals surface area (Å²) in [6.07, 6.45) is 9.02. The Balaban J connectivity index is 2.54. The fraction of sp³-hybridized carbons (Fsp3) is 0.188. The van der Waals surface area contributed by atoms with E-state index in [1.165, 1.54) is 12.3 Å². The van der Waals surface area contributed by atoms with Gasteiger partial charge >= 0.3 is 0 Å². The molecule has 0 saturated heterocycles. The topological polar surface area (TPSA) is 49.7 Å². The van der Waals surface area contributed by atoms with Crippen LogP contribution in [0.2, 0.25) is 0 Å². The highest BCUT2D eigenvalue weighted by Gasteiger charge is 1.93. The Hall–Kier alpha value is -2.49. The van der Waals surface area contributed by atoms with Crippen LogP contribution in [0.3, 0.4) is 0 Å². The van der Waals surface area contributed by atoms with Crippen LogP contribution in [0.4, 0.5) is 0 Å². The molecule has 0 unspecified atom stereocenters. The molecule has 0 heterocycles. The van der Waals surface area contributed by atoms with Gasteiger partial charge < -0.3 is 9.69 Å². The lowest BCUT2D eigenvalue weighted by Crippen LogP contribution is -1.99. The van der Waals surface area contributed by atoms with E-state index in [0.29, 0.717) is 6.42 Å². The van der Waals surface area contributed by atoms with Gasteiger partial charge in [0.15, 0.2) is 5.78 Å². The number of carbonyl (C=O) groups is 2. The summed E-state index contributed by atoms with van der Waals surface area (Å²) < 4.78 is 0. The van der Waals surface area contributed by atoms with E-state index in [2.05, 4.69) is 4.99 Å². The molecule has 0 aliphatic carbocycles. The molecule has 0 spiro atoms. The Bertz CT molecular complexity index is 526. The summed E-state index contributed by atoms with van der Waals surface area (Å²) in [7, 11) is 3.75. The molecule has 0 aliphatic heterocycles. The minimum Gasteiger partial charge on any atom is -0.382 e. The second kappa shape index (κ2) is 8.58. The third kappa shape index (κ3) is 6.44. The van der Waals surface area contributed by atoms with E-state index in [4.69, 9.17) is 0 Å². The van der Waals surface area contributed by atoms with E-state index < -0.39 is 0 Å². The Morgan fingerprint density at radius 2 is 1.95 bits per heavy atom. The summed E-state index contributed by atoms with van der Waals surface area (Å²) in [5.74, 6) is -0.176. The van der Waals surface area contributed by atoms with Crippen LogP contribution in [0.1, 0.15) is 11.1 Å². The SMILES string of the molecule is CN(C)/C=C\N=CC(=O)/C=C/c1ccc(CC=O)cc1. The summed E-state index contributed by atoms with van der Waals surface area (Å²) in [5.41, 5.74) is 1.86. The second-order valence-electron chi connectivity index (χ2n) is 4.39. The maximum absolute atomic E-state index is 11.5. The minimum absolute atomic E-state index is 0.176. The molecule has 0 radical (unpaired) electrons. The molecular weight excluding hydrogens is 252 g/mol. The average molecular weight is 270 g/mol. The van der Waals surface area contributed by atoms with E-state index in [1.807, 2.05) is 43.3 Å². The highest BCUT2D eigenvalue weighted by molar-refractivity contribution is 6.33. The molecule has 0 fully saturated rings. The molecule has 0 aromatic heterocycles. The highest BCUT2D eigenvalue weighted by atomic mass is 16.1. The number of hydrogen-bond acceptors (Lipinski definition) is 4. The van der Waals surface area contributed by atoms with Crippen LogP contribution < -0.4 is 0 Å². The summed E-state index contributed by atoms with van der Waals surface area (Å²) in [6, 6.07) is 7.47. The molecule has 0 aliphatic rings. The van der Waals surface area contributed by atoms with Gasteiger partial charge in [-0.1, -0.05) is 30.3 Å². The predicted molar refractivity (Wildman–Crippen MR) is 81.6 cm³/mol. The van der Waals surface area contributed by atoms with Crippen LogP contribution >= 0.6 is 0 Å². The summed E-state index contributed by atoms with van der Waals surface area (Å²) >= 11 is 0. The van der Waals surface area contributed by atoms with Crippen molar-refractivity contribution in [2.75, 3.05) is 14.1 Å². The lowest BCUT2D eigenvalue weighted by atomic mass is 10.1. The Kier molecular flexibility index (Phi) is 6.68. The van der Waals surface area contributed by atoms with Gasteiger partial charge in [-0.15, -0.1) is 0 Å². The Morgan fingerprint density at radius 1 is 1.25 bits per heavy atom. The number of aldehydes is 1. The van der Waals surface area contributed by atoms with Crippen molar-refractivity contribution in [3.05, 3.63) is 53.9 Å². The lowest BCUT2D eigenvalue weighted by Gasteiger charge is -2.00. The van der Waals surface area contributed by atoms with E-state index in [1.54, 1.807) is 18.5 Å². The maximum Gasteiger partial charge on any atom is 0.196 e. The van der Waals surface area contributed by atoms with Gasteiger partial charge in [-0.05, 0) is 17.2 Å². The van der Waals surface area contributed by atoms with Crippen molar-refractivity contribution in [2.45, 2.75) is 6.42 Å². The summed E-state index contributed by atoms with van der Waals surface area (Å²) in [4.78, 5) is 27.6. The van der Waals surface area contributed by atoms with Crippen LogP contribution in [-0.2, 0) is 16.0 Å². The van der Waals surface area contributed by atoms with Crippen molar-refractivity contribution in [1.29, 1.82) is 0 Å². The first-order valence-corrected chi connectivity index (χ1v) is 6.22. The highest BCUT2D eigenvalue weighted by Crippen LogP contribution is 2.06. The molecular formula is C16H18N2O2. The standard InChI is InChI=1S/C16H18N2O2/c1-18(2)11-10-17-13-16(20)8-7-14-3-5-15(6-4-14)9-12-19/h3-8,10-13H,9H2,1-2H3/b8-7+,11-10-,17-13?. The predicted octanol–water partition coefficient (Wildman–Crippen LogP) is 2.11. The van der Waals surface area contributed by atoms with Gasteiger partial charge in [0.1, 0.15) is 6.29 Å². The van der Waals surface area contributed by atoms with Crippen molar-refractivity contribution < 1.29 is 9.59 Å². The van der Waals surface area contributed by atoms with Crippen molar-refractivity contribution >= 4 is 24.4 Å². The monoisotopic (exact) mass is 270 g/mol. The van der Waals surface area contributed by atoms with Crippen molar-refractivity contribution in [2.24, 2.45) is 4.99 Å². The van der Waals surface area contributed by atoms with Crippen molar-refractivity contribution in [1.82, 2.24) is 4.90 Å². The zero-order valence-electron chi connectivity index (χ0n) is 11.7. The van der Waals surface area contributed by atoms with Crippen LogP contribution in [-0.4, -0.2) is 37.3 Å². The van der Waals surface area contributed by atoms with Gasteiger partial charge in [0, 0.05) is 32.9 Å². The number of carbonyl (C=O) groups excluding carboxylic acids is 2. The number of hydrogen-bond donors (Lipinski definition) is 0. The number of benzene rings is 1. The molecule has 1 rings (SSSR count). The van der Waals surface area contributed by atoms with Crippen LogP contribution in [0.25, 0.3) is 6.08 Å². The molecule has 1 aromatic rings. The third-order valence-electron chi connectivity index (χ3n) is 2.39. The maximum atomic E-state index is 11.5. The number of rotatable bonds is 7. The first-order valence-electron chi connectivity index (χ1n) is 6.22. The van der Waals surface area contributed by atoms with Gasteiger partial charge in [-0.25, -0.2) is 0 Å². The van der Waals surface area contributed by atoms with Crippen LogP contribution in [0.15, 0.2) is 47.7 Å². The van der Waals surface area contributed by atoms with Gasteiger partial charge in [0.25, 0.3) is 0 Å². The number of allylic oxidation sites excluding steroid dienone is 1. The summed E-state index contributed by atoms with van der Waals surface area (Å²) in [5, 5.41) is 0. The number of nitrogens with zero attached hydrogens (tertiary/aromatic N) is 2. The molecule has 4 heteroatoms. The average Bonchev–Trinajstić information content (AvgIpc) is 2.43. The van der Waals surface area contributed by atoms with Crippen LogP contribution in [0.5, 0.6) is 0 Å². The fourth-order valence-electron chi connectivity index (χ4n) is 1.37. The zero-order chi connectivity index (χ0) is 14.8. The van der Waals surface area contributed by atoms with Gasteiger partial charge in [-0.3, -0.25) is 9.79 Å². The molecule has 104 valence electrons. The lowest BCUT2D eigenvalue weighted by molar-refractivity contribution is -0.108. The smallest absolute Gasteiger partial charge is 0.196 e. The second-order valence-corrected chi connectivity index (χ2v) is 4.39. The fourth-order valence-corrected chi connectivity index (χ4v) is 1.37. The van der Waals surface area contributed by atoms with Gasteiger partial charge in [0.05, 0.1) is 6.21 Å². The quantitative estimate of drug-likeness (QED) is 0.433. The normalized spacial score (nSPS) is 11.5. The zero-order valence-corrected chi connectivity index (χ0v) is 11.7. The molecule has 0 atom stereocenters. The molecule has 20 heavy (non-hydrogen) atoms.